The second-order valence-electron chi connectivity index (χ2n) is 6.97. The quantitative estimate of drug-likeness (QED) is 0.572. The van der Waals surface area contributed by atoms with E-state index in [0.29, 0.717) is 26.1 Å². The number of benzene rings is 2. The minimum absolute atomic E-state index is 0.217. The highest BCUT2D eigenvalue weighted by Gasteiger charge is 2.19. The van der Waals surface area contributed by atoms with E-state index in [1.807, 2.05) is 11.0 Å². The Hall–Kier alpha value is -2.89. The van der Waals surface area contributed by atoms with Gasteiger partial charge in [0, 0.05) is 39.6 Å². The van der Waals surface area contributed by atoms with Crippen molar-refractivity contribution in [1.29, 1.82) is 0 Å². The lowest BCUT2D eigenvalue weighted by Gasteiger charge is -2.16. The molecule has 2 aromatic rings. The van der Waals surface area contributed by atoms with Gasteiger partial charge in [-0.1, -0.05) is 36.4 Å². The fourth-order valence-corrected chi connectivity index (χ4v) is 3.31. The molecular weight excluding hydrogens is 355 g/mol. The van der Waals surface area contributed by atoms with Crippen LogP contribution >= 0.6 is 0 Å². The molecule has 5 nitrogen and oxygen atoms in total. The molecule has 148 valence electrons. The molecule has 3 rings (SSSR count). The van der Waals surface area contributed by atoms with E-state index in [1.165, 1.54) is 12.1 Å². The Morgan fingerprint density at radius 2 is 1.89 bits per heavy atom. The highest BCUT2D eigenvalue weighted by atomic mass is 19.1. The van der Waals surface area contributed by atoms with Crippen LogP contribution in [0.15, 0.2) is 53.5 Å². The number of carbonyl (C=O) groups is 1. The van der Waals surface area contributed by atoms with Gasteiger partial charge in [0.15, 0.2) is 5.96 Å². The van der Waals surface area contributed by atoms with E-state index in [4.69, 9.17) is 0 Å². The van der Waals surface area contributed by atoms with Crippen molar-refractivity contribution in [3.05, 3.63) is 71.0 Å². The maximum absolute atomic E-state index is 13.0. The molecule has 1 amide bonds. The maximum Gasteiger partial charge on any atom is 0.222 e. The smallest absolute Gasteiger partial charge is 0.222 e. The second-order valence-corrected chi connectivity index (χ2v) is 6.97. The first-order valence-electron chi connectivity index (χ1n) is 9.68. The summed E-state index contributed by atoms with van der Waals surface area (Å²) in [6.07, 6.45) is 2.42. The zero-order valence-electron chi connectivity index (χ0n) is 16.2. The Morgan fingerprint density at radius 1 is 1.11 bits per heavy atom. The summed E-state index contributed by atoms with van der Waals surface area (Å²) in [6.45, 7) is 2.89. The average Bonchev–Trinajstić information content (AvgIpc) is 3.11. The van der Waals surface area contributed by atoms with Crippen LogP contribution < -0.4 is 10.6 Å². The Balaban J connectivity index is 1.46. The summed E-state index contributed by atoms with van der Waals surface area (Å²) in [7, 11) is 1.74. The van der Waals surface area contributed by atoms with E-state index in [-0.39, 0.29) is 11.7 Å². The molecule has 2 aromatic carbocycles. The minimum Gasteiger partial charge on any atom is -0.356 e. The van der Waals surface area contributed by atoms with E-state index in [0.717, 1.165) is 42.0 Å². The van der Waals surface area contributed by atoms with Crippen LogP contribution in [0.1, 0.15) is 29.5 Å². The maximum atomic E-state index is 13.0. The topological polar surface area (TPSA) is 56.7 Å². The average molecular weight is 382 g/mol. The Morgan fingerprint density at radius 3 is 2.61 bits per heavy atom. The normalized spacial score (nSPS) is 14.4. The Bertz CT molecular complexity index is 820. The lowest BCUT2D eigenvalue weighted by molar-refractivity contribution is -0.128. The van der Waals surface area contributed by atoms with Crippen molar-refractivity contribution >= 4 is 11.9 Å². The zero-order chi connectivity index (χ0) is 19.8. The van der Waals surface area contributed by atoms with Crippen LogP contribution in [0.4, 0.5) is 4.39 Å². The number of halogens is 1. The molecule has 1 heterocycles. The number of hydrogen-bond donors (Lipinski definition) is 2. The van der Waals surface area contributed by atoms with Crippen molar-refractivity contribution in [3.8, 4) is 0 Å². The molecule has 6 heteroatoms. The van der Waals surface area contributed by atoms with Gasteiger partial charge < -0.3 is 15.5 Å². The number of amides is 1. The molecule has 1 saturated heterocycles. The summed E-state index contributed by atoms with van der Waals surface area (Å²) in [5, 5.41) is 6.58. The molecule has 0 bridgehead atoms. The van der Waals surface area contributed by atoms with Gasteiger partial charge in [0.1, 0.15) is 5.82 Å². The Labute approximate surface area is 165 Å². The lowest BCUT2D eigenvalue weighted by atomic mass is 10.1. The molecule has 1 fully saturated rings. The van der Waals surface area contributed by atoms with Crippen molar-refractivity contribution in [2.24, 2.45) is 4.99 Å². The summed E-state index contributed by atoms with van der Waals surface area (Å²) in [6, 6.07) is 14.8. The third-order valence-electron chi connectivity index (χ3n) is 4.84. The number of nitrogens with zero attached hydrogens (tertiary/aromatic N) is 2. The number of rotatable bonds is 7. The van der Waals surface area contributed by atoms with E-state index in [2.05, 4.69) is 33.8 Å². The first-order valence-corrected chi connectivity index (χ1v) is 9.68. The minimum atomic E-state index is -0.217. The van der Waals surface area contributed by atoms with Crippen molar-refractivity contribution < 1.29 is 9.18 Å². The standard InChI is InChI=1S/C22H27FN4O/c1-24-22(25-12-11-17-7-9-20(23)10-8-17)26-15-18-4-2-5-19(14-18)16-27-13-3-6-21(27)28/h2,4-5,7-10,14H,3,6,11-13,15-16H2,1H3,(H2,24,25,26). The predicted octanol–water partition coefficient (Wildman–Crippen LogP) is 2.86. The third-order valence-corrected chi connectivity index (χ3v) is 4.84. The van der Waals surface area contributed by atoms with E-state index in [1.54, 1.807) is 19.2 Å². The summed E-state index contributed by atoms with van der Waals surface area (Å²) < 4.78 is 13.0. The number of nitrogens with one attached hydrogen (secondary N) is 2. The Kier molecular flexibility index (Phi) is 7.00. The molecule has 0 unspecified atom stereocenters. The van der Waals surface area contributed by atoms with Crippen LogP contribution in [-0.2, 0) is 24.3 Å². The second kappa shape index (κ2) is 9.88. The van der Waals surface area contributed by atoms with Gasteiger partial charge in [-0.3, -0.25) is 9.79 Å². The van der Waals surface area contributed by atoms with Gasteiger partial charge in [0.25, 0.3) is 0 Å². The monoisotopic (exact) mass is 382 g/mol. The third kappa shape index (κ3) is 5.81. The van der Waals surface area contributed by atoms with Gasteiger partial charge in [-0.2, -0.15) is 0 Å². The molecule has 0 atom stereocenters. The summed E-state index contributed by atoms with van der Waals surface area (Å²) in [5.41, 5.74) is 3.37. The van der Waals surface area contributed by atoms with E-state index < -0.39 is 0 Å². The number of carbonyl (C=O) groups excluding carboxylic acids is 1. The fourth-order valence-electron chi connectivity index (χ4n) is 3.31. The van der Waals surface area contributed by atoms with Crippen LogP contribution in [0.5, 0.6) is 0 Å². The lowest BCUT2D eigenvalue weighted by Crippen LogP contribution is -2.37. The highest BCUT2D eigenvalue weighted by molar-refractivity contribution is 5.79. The van der Waals surface area contributed by atoms with Gasteiger partial charge in [-0.25, -0.2) is 4.39 Å². The van der Waals surface area contributed by atoms with Crippen molar-refractivity contribution in [1.82, 2.24) is 15.5 Å². The number of likely N-dealkylation sites (tertiary alicyclic amines) is 1. The summed E-state index contributed by atoms with van der Waals surface area (Å²) >= 11 is 0. The van der Waals surface area contributed by atoms with E-state index >= 15 is 0 Å². The zero-order valence-corrected chi connectivity index (χ0v) is 16.2. The van der Waals surface area contributed by atoms with Crippen LogP contribution in [0.2, 0.25) is 0 Å². The molecule has 0 aliphatic carbocycles. The number of hydrogen-bond acceptors (Lipinski definition) is 2. The van der Waals surface area contributed by atoms with Gasteiger partial charge in [0.05, 0.1) is 0 Å². The van der Waals surface area contributed by atoms with E-state index in [9.17, 15) is 9.18 Å². The molecule has 0 aromatic heterocycles. The van der Waals surface area contributed by atoms with Gasteiger partial charge in [-0.05, 0) is 41.7 Å². The molecule has 0 radical (unpaired) electrons. The largest absolute Gasteiger partial charge is 0.356 e. The predicted molar refractivity (Wildman–Crippen MR) is 109 cm³/mol. The van der Waals surface area contributed by atoms with Crippen molar-refractivity contribution in [2.45, 2.75) is 32.4 Å². The number of guanidine groups is 1. The van der Waals surface area contributed by atoms with Crippen LogP contribution in [-0.4, -0.2) is 36.9 Å². The molecular formula is C22H27FN4O. The molecule has 0 spiro atoms. The SMILES string of the molecule is CN=C(NCCc1ccc(F)cc1)NCc1cccc(CN2CCCC2=O)c1. The molecule has 0 saturated carbocycles. The van der Waals surface area contributed by atoms with Crippen LogP contribution in [0, 0.1) is 5.82 Å². The molecule has 28 heavy (non-hydrogen) atoms. The first-order chi connectivity index (χ1) is 13.6. The molecule has 1 aliphatic rings. The van der Waals surface area contributed by atoms with Crippen molar-refractivity contribution in [2.75, 3.05) is 20.1 Å². The fraction of sp³-hybridized carbons (Fsp3) is 0.364. The van der Waals surface area contributed by atoms with Gasteiger partial charge in [0.2, 0.25) is 5.91 Å². The van der Waals surface area contributed by atoms with Gasteiger partial charge in [-0.15, -0.1) is 0 Å². The molecule has 1 aliphatic heterocycles. The summed E-state index contributed by atoms with van der Waals surface area (Å²) in [4.78, 5) is 18.0. The van der Waals surface area contributed by atoms with Crippen LogP contribution in [0.3, 0.4) is 0 Å². The first kappa shape index (κ1) is 19.9. The summed E-state index contributed by atoms with van der Waals surface area (Å²) in [5.74, 6) is 0.752. The highest BCUT2D eigenvalue weighted by Crippen LogP contribution is 2.15. The molecule has 2 N–H and O–H groups in total. The van der Waals surface area contributed by atoms with Crippen LogP contribution in [0.25, 0.3) is 0 Å². The van der Waals surface area contributed by atoms with Gasteiger partial charge >= 0.3 is 0 Å². The number of aliphatic imine (C=N–C) groups is 1. The van der Waals surface area contributed by atoms with Crippen molar-refractivity contribution in [3.63, 3.8) is 0 Å².